The Bertz CT molecular complexity index is 705. The minimum absolute atomic E-state index is 0.0886. The minimum atomic E-state index is -0.829. The van der Waals surface area contributed by atoms with Crippen molar-refractivity contribution in [2.45, 2.75) is 58.3 Å². The third-order valence-corrected chi connectivity index (χ3v) is 7.01. The smallest absolute Gasteiger partial charge is 0.335 e. The highest BCUT2D eigenvalue weighted by Crippen LogP contribution is 2.59. The number of aromatic carboxylic acids is 1. The molecular formula is C20H24O3. The highest BCUT2D eigenvalue weighted by molar-refractivity contribution is 5.90. The van der Waals surface area contributed by atoms with Gasteiger partial charge in [-0.2, -0.15) is 0 Å². The van der Waals surface area contributed by atoms with Gasteiger partial charge in [-0.3, -0.25) is 4.79 Å². The molecule has 4 rings (SSSR count). The molecule has 3 aliphatic rings. The molecule has 0 amide bonds. The third kappa shape index (κ3) is 2.02. The predicted octanol–water partition coefficient (Wildman–Crippen LogP) is 4.12. The Morgan fingerprint density at radius 3 is 2.74 bits per heavy atom. The maximum atomic E-state index is 12.4. The zero-order chi connectivity index (χ0) is 16.4. The first-order valence-corrected chi connectivity index (χ1v) is 8.82. The molecule has 3 aliphatic carbocycles. The summed E-state index contributed by atoms with van der Waals surface area (Å²) in [6.07, 6.45) is 5.94. The largest absolute Gasteiger partial charge is 0.478 e. The summed E-state index contributed by atoms with van der Waals surface area (Å²) in [7, 11) is 0. The van der Waals surface area contributed by atoms with E-state index in [2.05, 4.69) is 13.0 Å². The number of aryl methyl sites for hydroxylation is 2. The van der Waals surface area contributed by atoms with Crippen LogP contribution in [0.25, 0.3) is 0 Å². The molecule has 3 heteroatoms. The van der Waals surface area contributed by atoms with Crippen molar-refractivity contribution in [1.82, 2.24) is 0 Å². The minimum Gasteiger partial charge on any atom is -0.478 e. The van der Waals surface area contributed by atoms with Crippen molar-refractivity contribution in [3.05, 3.63) is 34.4 Å². The Hall–Kier alpha value is -1.64. The lowest BCUT2D eigenvalue weighted by Gasteiger charge is -2.48. The number of Topliss-reactive ketones (excluding diaryl/α,β-unsaturated/α-hetero) is 1. The number of benzene rings is 1. The lowest BCUT2D eigenvalue weighted by Crippen LogP contribution is -2.42. The molecule has 2 saturated carbocycles. The number of hydrogen-bond acceptors (Lipinski definition) is 2. The van der Waals surface area contributed by atoms with Crippen molar-refractivity contribution >= 4 is 11.8 Å². The molecule has 1 N–H and O–H groups in total. The van der Waals surface area contributed by atoms with Gasteiger partial charge in [0.2, 0.25) is 0 Å². The van der Waals surface area contributed by atoms with Gasteiger partial charge >= 0.3 is 5.97 Å². The second-order valence-electron chi connectivity index (χ2n) is 8.00. The van der Waals surface area contributed by atoms with E-state index >= 15 is 0 Å². The fraction of sp³-hybridized carbons (Fsp3) is 0.600. The molecule has 0 heterocycles. The Kier molecular flexibility index (Phi) is 3.20. The van der Waals surface area contributed by atoms with Crippen LogP contribution in [0.2, 0.25) is 0 Å². The van der Waals surface area contributed by atoms with E-state index in [0.29, 0.717) is 29.1 Å². The van der Waals surface area contributed by atoms with Crippen LogP contribution in [0.4, 0.5) is 0 Å². The molecule has 1 aromatic carbocycles. The van der Waals surface area contributed by atoms with Crippen molar-refractivity contribution in [3.8, 4) is 0 Å². The fourth-order valence-corrected chi connectivity index (χ4v) is 5.74. The van der Waals surface area contributed by atoms with E-state index in [1.807, 2.05) is 13.0 Å². The summed E-state index contributed by atoms with van der Waals surface area (Å²) in [5.41, 5.74) is 3.81. The molecule has 3 unspecified atom stereocenters. The molecule has 0 spiro atoms. The van der Waals surface area contributed by atoms with E-state index in [0.717, 1.165) is 44.1 Å². The van der Waals surface area contributed by atoms with Crippen molar-refractivity contribution in [3.63, 3.8) is 0 Å². The fourth-order valence-electron chi connectivity index (χ4n) is 5.74. The molecule has 0 saturated heterocycles. The molecule has 4 atom stereocenters. The number of fused-ring (bicyclic) bond motifs is 5. The number of carboxylic acids is 1. The molecule has 0 aliphatic heterocycles. The standard InChI is InChI=1S/C20H24O3/c1-11-9-16-12(10-15(11)19(22)23)3-4-14-13(16)7-8-20(2)17(14)5-6-18(20)21/h9-10,13-14,17H,3-8H2,1-2H3,(H,22,23)/t13?,14?,17?,20-/m0/s1. The van der Waals surface area contributed by atoms with Gasteiger partial charge < -0.3 is 5.11 Å². The van der Waals surface area contributed by atoms with Gasteiger partial charge in [0.15, 0.2) is 0 Å². The maximum absolute atomic E-state index is 12.4. The van der Waals surface area contributed by atoms with Gasteiger partial charge in [-0.15, -0.1) is 0 Å². The molecule has 2 fully saturated rings. The molecule has 0 bridgehead atoms. The van der Waals surface area contributed by atoms with Crippen LogP contribution in [0.15, 0.2) is 12.1 Å². The highest BCUT2D eigenvalue weighted by atomic mass is 16.4. The Labute approximate surface area is 137 Å². The normalized spacial score (nSPS) is 35.4. The predicted molar refractivity (Wildman–Crippen MR) is 87.8 cm³/mol. The van der Waals surface area contributed by atoms with Crippen LogP contribution in [0.5, 0.6) is 0 Å². The Morgan fingerprint density at radius 2 is 2.00 bits per heavy atom. The number of ketones is 1. The van der Waals surface area contributed by atoms with Crippen LogP contribution < -0.4 is 0 Å². The maximum Gasteiger partial charge on any atom is 0.335 e. The Morgan fingerprint density at radius 1 is 1.22 bits per heavy atom. The van der Waals surface area contributed by atoms with Crippen molar-refractivity contribution < 1.29 is 14.7 Å². The van der Waals surface area contributed by atoms with Gasteiger partial charge in [0.25, 0.3) is 0 Å². The van der Waals surface area contributed by atoms with E-state index in [1.54, 1.807) is 0 Å². The number of rotatable bonds is 1. The Balaban J connectivity index is 1.74. The average Bonchev–Trinajstić information content (AvgIpc) is 2.82. The van der Waals surface area contributed by atoms with Crippen LogP contribution >= 0.6 is 0 Å². The number of carboxylic acid groups (broad SMARTS) is 1. The summed E-state index contributed by atoms with van der Waals surface area (Å²) in [4.78, 5) is 23.7. The van der Waals surface area contributed by atoms with Crippen molar-refractivity contribution in [2.24, 2.45) is 17.3 Å². The molecule has 0 radical (unpaired) electrons. The lowest BCUT2D eigenvalue weighted by atomic mass is 9.55. The summed E-state index contributed by atoms with van der Waals surface area (Å²) in [6.45, 7) is 4.09. The van der Waals surface area contributed by atoms with Crippen LogP contribution in [0.1, 0.15) is 72.0 Å². The molecule has 1 aromatic rings. The van der Waals surface area contributed by atoms with E-state index in [9.17, 15) is 14.7 Å². The quantitative estimate of drug-likeness (QED) is 0.848. The molecule has 3 nitrogen and oxygen atoms in total. The first kappa shape index (κ1) is 14.9. The average molecular weight is 312 g/mol. The van der Waals surface area contributed by atoms with Gasteiger partial charge in [0.1, 0.15) is 5.78 Å². The summed E-state index contributed by atoms with van der Waals surface area (Å²) in [5, 5.41) is 9.35. The summed E-state index contributed by atoms with van der Waals surface area (Å²) in [5.74, 6) is 1.29. The summed E-state index contributed by atoms with van der Waals surface area (Å²) in [6, 6.07) is 4.02. The van der Waals surface area contributed by atoms with E-state index in [4.69, 9.17) is 0 Å². The van der Waals surface area contributed by atoms with Gasteiger partial charge in [0.05, 0.1) is 5.56 Å². The molecular weight excluding hydrogens is 288 g/mol. The zero-order valence-electron chi connectivity index (χ0n) is 13.9. The lowest BCUT2D eigenvalue weighted by molar-refractivity contribution is -0.129. The second-order valence-corrected chi connectivity index (χ2v) is 8.00. The monoisotopic (exact) mass is 312 g/mol. The number of carbonyl (C=O) groups excluding carboxylic acids is 1. The molecule has 23 heavy (non-hydrogen) atoms. The topological polar surface area (TPSA) is 54.4 Å². The third-order valence-electron chi connectivity index (χ3n) is 7.01. The zero-order valence-corrected chi connectivity index (χ0v) is 13.9. The number of hydrogen-bond donors (Lipinski definition) is 1. The van der Waals surface area contributed by atoms with Gasteiger partial charge in [-0.1, -0.05) is 13.0 Å². The van der Waals surface area contributed by atoms with Gasteiger partial charge in [-0.25, -0.2) is 4.79 Å². The van der Waals surface area contributed by atoms with Crippen molar-refractivity contribution in [1.29, 1.82) is 0 Å². The molecule has 0 aromatic heterocycles. The van der Waals surface area contributed by atoms with Crippen LogP contribution in [-0.4, -0.2) is 16.9 Å². The highest BCUT2D eigenvalue weighted by Gasteiger charge is 2.54. The summed E-state index contributed by atoms with van der Waals surface area (Å²) < 4.78 is 0. The van der Waals surface area contributed by atoms with Crippen molar-refractivity contribution in [2.75, 3.05) is 0 Å². The van der Waals surface area contributed by atoms with E-state index in [1.165, 1.54) is 11.1 Å². The van der Waals surface area contributed by atoms with Crippen LogP contribution in [0, 0.1) is 24.2 Å². The van der Waals surface area contributed by atoms with Crippen LogP contribution in [0.3, 0.4) is 0 Å². The SMILES string of the molecule is Cc1cc2c(cc1C(=O)O)CCC1C2CC[C@]2(C)C(=O)CCC12. The molecule has 122 valence electrons. The van der Waals surface area contributed by atoms with E-state index in [-0.39, 0.29) is 5.41 Å². The first-order chi connectivity index (χ1) is 10.9. The number of carbonyl (C=O) groups is 2. The summed E-state index contributed by atoms with van der Waals surface area (Å²) >= 11 is 0. The van der Waals surface area contributed by atoms with Gasteiger partial charge in [0, 0.05) is 11.8 Å². The van der Waals surface area contributed by atoms with Crippen LogP contribution in [-0.2, 0) is 11.2 Å². The van der Waals surface area contributed by atoms with Gasteiger partial charge in [-0.05, 0) is 79.5 Å². The second kappa shape index (κ2) is 4.93. The van der Waals surface area contributed by atoms with E-state index < -0.39 is 5.97 Å². The first-order valence-electron chi connectivity index (χ1n) is 8.82.